The summed E-state index contributed by atoms with van der Waals surface area (Å²) < 4.78 is 2.16. The van der Waals surface area contributed by atoms with Crippen molar-refractivity contribution in [1.29, 1.82) is 0 Å². The standard InChI is InChI=1S/C28H20N4/c1-28(2)22-12-11-17-7-3-4-8-18(17)26(22)21-13-20-19-9-5-6-10-24(19)32(25(20)14-23(21)28)27-30-15-29-16-31-27/h3-16H,1-2H3. The summed E-state index contributed by atoms with van der Waals surface area (Å²) in [4.78, 5) is 13.0. The van der Waals surface area contributed by atoms with Gasteiger partial charge in [-0.1, -0.05) is 68.4 Å². The molecule has 0 saturated carbocycles. The number of nitrogens with zero attached hydrogens (tertiary/aromatic N) is 4. The summed E-state index contributed by atoms with van der Waals surface area (Å²) >= 11 is 0. The minimum absolute atomic E-state index is 0.0940. The normalized spacial score (nSPS) is 14.2. The molecular formula is C28H20N4. The van der Waals surface area contributed by atoms with Crippen LogP contribution < -0.4 is 0 Å². The molecule has 152 valence electrons. The van der Waals surface area contributed by atoms with E-state index in [4.69, 9.17) is 0 Å². The van der Waals surface area contributed by atoms with E-state index in [-0.39, 0.29) is 5.41 Å². The Labute approximate surface area is 185 Å². The zero-order valence-corrected chi connectivity index (χ0v) is 17.9. The highest BCUT2D eigenvalue weighted by Gasteiger charge is 2.37. The van der Waals surface area contributed by atoms with Gasteiger partial charge in [0.25, 0.3) is 0 Å². The molecule has 2 aromatic heterocycles. The van der Waals surface area contributed by atoms with Crippen LogP contribution in [-0.4, -0.2) is 19.5 Å². The first kappa shape index (κ1) is 17.6. The van der Waals surface area contributed by atoms with Crippen LogP contribution in [-0.2, 0) is 5.41 Å². The number of aromatic nitrogens is 4. The average Bonchev–Trinajstić information content (AvgIpc) is 3.27. The molecule has 0 atom stereocenters. The van der Waals surface area contributed by atoms with E-state index in [2.05, 4.69) is 106 Å². The van der Waals surface area contributed by atoms with E-state index < -0.39 is 0 Å². The maximum Gasteiger partial charge on any atom is 0.237 e. The highest BCUT2D eigenvalue weighted by Crippen LogP contribution is 2.53. The molecule has 0 radical (unpaired) electrons. The highest BCUT2D eigenvalue weighted by molar-refractivity contribution is 6.13. The lowest BCUT2D eigenvalue weighted by Crippen LogP contribution is -2.15. The van der Waals surface area contributed by atoms with Crippen LogP contribution in [0.25, 0.3) is 49.7 Å². The van der Waals surface area contributed by atoms with Crippen molar-refractivity contribution in [2.75, 3.05) is 0 Å². The predicted octanol–water partition coefficient (Wildman–Crippen LogP) is 6.43. The molecule has 0 spiro atoms. The lowest BCUT2D eigenvalue weighted by atomic mass is 9.82. The quantitative estimate of drug-likeness (QED) is 0.313. The van der Waals surface area contributed by atoms with Crippen LogP contribution >= 0.6 is 0 Å². The molecular weight excluding hydrogens is 392 g/mol. The molecule has 4 nitrogen and oxygen atoms in total. The van der Waals surface area contributed by atoms with Crippen molar-refractivity contribution in [2.24, 2.45) is 0 Å². The molecule has 7 rings (SSSR count). The molecule has 4 heteroatoms. The third-order valence-electron chi connectivity index (χ3n) is 7.04. The molecule has 4 aromatic carbocycles. The van der Waals surface area contributed by atoms with Gasteiger partial charge >= 0.3 is 0 Å². The summed E-state index contributed by atoms with van der Waals surface area (Å²) in [5, 5.41) is 5.02. The van der Waals surface area contributed by atoms with Gasteiger partial charge in [-0.3, -0.25) is 4.57 Å². The number of para-hydroxylation sites is 1. The van der Waals surface area contributed by atoms with Gasteiger partial charge < -0.3 is 0 Å². The van der Waals surface area contributed by atoms with E-state index in [9.17, 15) is 0 Å². The van der Waals surface area contributed by atoms with Crippen LogP contribution in [0.3, 0.4) is 0 Å². The van der Waals surface area contributed by atoms with Gasteiger partial charge in [-0.05, 0) is 51.2 Å². The summed E-state index contributed by atoms with van der Waals surface area (Å²) in [7, 11) is 0. The van der Waals surface area contributed by atoms with Crippen LogP contribution in [0.5, 0.6) is 0 Å². The number of rotatable bonds is 1. The van der Waals surface area contributed by atoms with Crippen molar-refractivity contribution in [3.05, 3.63) is 96.6 Å². The van der Waals surface area contributed by atoms with E-state index in [1.807, 2.05) is 0 Å². The molecule has 0 amide bonds. The van der Waals surface area contributed by atoms with Crippen LogP contribution in [0.15, 0.2) is 85.5 Å². The smallest absolute Gasteiger partial charge is 0.237 e. The zero-order valence-electron chi connectivity index (χ0n) is 17.9. The van der Waals surface area contributed by atoms with Gasteiger partial charge in [0.15, 0.2) is 0 Å². The number of hydrogen-bond donors (Lipinski definition) is 0. The zero-order chi connectivity index (χ0) is 21.4. The average molecular weight is 412 g/mol. The van der Waals surface area contributed by atoms with Crippen LogP contribution in [0, 0.1) is 0 Å². The number of benzene rings is 4. The van der Waals surface area contributed by atoms with Crippen molar-refractivity contribution in [3.63, 3.8) is 0 Å². The van der Waals surface area contributed by atoms with Gasteiger partial charge in [-0.15, -0.1) is 0 Å². The second-order valence-electron chi connectivity index (χ2n) is 9.04. The fourth-order valence-corrected chi connectivity index (χ4v) is 5.53. The fourth-order valence-electron chi connectivity index (χ4n) is 5.53. The van der Waals surface area contributed by atoms with E-state index in [1.165, 1.54) is 43.8 Å². The van der Waals surface area contributed by atoms with Crippen molar-refractivity contribution < 1.29 is 0 Å². The summed E-state index contributed by atoms with van der Waals surface area (Å²) in [5.41, 5.74) is 7.55. The Balaban J connectivity index is 1.66. The molecule has 1 aliphatic rings. The van der Waals surface area contributed by atoms with E-state index in [0.29, 0.717) is 5.95 Å². The molecule has 6 aromatic rings. The first-order chi connectivity index (χ1) is 15.6. The van der Waals surface area contributed by atoms with Gasteiger partial charge in [0.05, 0.1) is 11.0 Å². The lowest BCUT2D eigenvalue weighted by Gasteiger charge is -2.22. The Morgan fingerprint density at radius 1 is 0.688 bits per heavy atom. The number of hydrogen-bond acceptors (Lipinski definition) is 3. The molecule has 1 aliphatic carbocycles. The van der Waals surface area contributed by atoms with Gasteiger partial charge in [0, 0.05) is 16.2 Å². The second-order valence-corrected chi connectivity index (χ2v) is 9.04. The lowest BCUT2D eigenvalue weighted by molar-refractivity contribution is 0.661. The van der Waals surface area contributed by atoms with Gasteiger partial charge in [-0.25, -0.2) is 15.0 Å². The molecule has 32 heavy (non-hydrogen) atoms. The maximum atomic E-state index is 4.47. The van der Waals surface area contributed by atoms with Crippen molar-refractivity contribution in [1.82, 2.24) is 19.5 Å². The summed E-state index contributed by atoms with van der Waals surface area (Å²) in [6, 6.07) is 26.5. The Morgan fingerprint density at radius 2 is 1.44 bits per heavy atom. The van der Waals surface area contributed by atoms with Crippen LogP contribution in [0.1, 0.15) is 25.0 Å². The fraction of sp³-hybridized carbons (Fsp3) is 0.107. The maximum absolute atomic E-state index is 4.47. The van der Waals surface area contributed by atoms with Crippen molar-refractivity contribution >= 4 is 32.6 Å². The molecule has 0 saturated heterocycles. The topological polar surface area (TPSA) is 43.6 Å². The number of fused-ring (bicyclic) bond motifs is 8. The van der Waals surface area contributed by atoms with Crippen LogP contribution in [0.2, 0.25) is 0 Å². The molecule has 0 unspecified atom stereocenters. The van der Waals surface area contributed by atoms with E-state index in [1.54, 1.807) is 12.7 Å². The minimum atomic E-state index is -0.0940. The van der Waals surface area contributed by atoms with Gasteiger partial charge in [-0.2, -0.15) is 0 Å². The Kier molecular flexibility index (Phi) is 3.31. The molecule has 0 aliphatic heterocycles. The predicted molar refractivity (Wildman–Crippen MR) is 129 cm³/mol. The SMILES string of the molecule is CC1(C)c2cc3c(cc2-c2c1ccc1ccccc21)c1ccccc1n3-c1ncncn1. The first-order valence-electron chi connectivity index (χ1n) is 10.9. The monoisotopic (exact) mass is 412 g/mol. The Hall–Kier alpha value is -4.05. The molecule has 2 heterocycles. The van der Waals surface area contributed by atoms with Gasteiger partial charge in [0.2, 0.25) is 5.95 Å². The third-order valence-corrected chi connectivity index (χ3v) is 7.04. The molecule has 0 bridgehead atoms. The van der Waals surface area contributed by atoms with Crippen LogP contribution in [0.4, 0.5) is 0 Å². The summed E-state index contributed by atoms with van der Waals surface area (Å²) in [6.45, 7) is 4.66. The molecule has 0 N–H and O–H groups in total. The largest absolute Gasteiger partial charge is 0.278 e. The third kappa shape index (κ3) is 2.14. The van der Waals surface area contributed by atoms with Gasteiger partial charge in [0.1, 0.15) is 12.7 Å². The molecule has 0 fully saturated rings. The second kappa shape index (κ2) is 6.01. The van der Waals surface area contributed by atoms with E-state index in [0.717, 1.165) is 11.0 Å². The van der Waals surface area contributed by atoms with Crippen molar-refractivity contribution in [3.8, 4) is 17.1 Å². The summed E-state index contributed by atoms with van der Waals surface area (Å²) in [5.74, 6) is 0.643. The highest BCUT2D eigenvalue weighted by atomic mass is 15.2. The summed E-state index contributed by atoms with van der Waals surface area (Å²) in [6.07, 6.45) is 3.12. The minimum Gasteiger partial charge on any atom is -0.278 e. The van der Waals surface area contributed by atoms with Crippen molar-refractivity contribution in [2.45, 2.75) is 19.3 Å². The first-order valence-corrected chi connectivity index (χ1v) is 10.9. The Morgan fingerprint density at radius 3 is 2.28 bits per heavy atom. The Bertz CT molecular complexity index is 1690. The van der Waals surface area contributed by atoms with E-state index >= 15 is 0 Å².